The highest BCUT2D eigenvalue weighted by molar-refractivity contribution is 4.90. The highest BCUT2D eigenvalue weighted by Gasteiger charge is 2.39. The molecule has 2 saturated carbocycles. The predicted molar refractivity (Wildman–Crippen MR) is 78.8 cm³/mol. The van der Waals surface area contributed by atoms with Gasteiger partial charge in [-0.15, -0.1) is 0 Å². The average molecular weight is 252 g/mol. The first-order valence-corrected chi connectivity index (χ1v) is 8.11. The third-order valence-corrected chi connectivity index (χ3v) is 5.12. The van der Waals surface area contributed by atoms with Gasteiger partial charge in [0.2, 0.25) is 0 Å². The van der Waals surface area contributed by atoms with Crippen molar-refractivity contribution in [1.82, 2.24) is 10.2 Å². The lowest BCUT2D eigenvalue weighted by Crippen LogP contribution is -2.34. The molecule has 2 aliphatic rings. The molecule has 2 nitrogen and oxygen atoms in total. The zero-order valence-corrected chi connectivity index (χ0v) is 12.6. The Morgan fingerprint density at radius 3 is 2.72 bits per heavy atom. The van der Waals surface area contributed by atoms with E-state index in [0.717, 1.165) is 24.3 Å². The maximum atomic E-state index is 3.58. The Hall–Kier alpha value is -0.0800. The molecule has 2 heteroatoms. The van der Waals surface area contributed by atoms with Crippen molar-refractivity contribution in [2.24, 2.45) is 17.8 Å². The average Bonchev–Trinajstić information content (AvgIpc) is 2.96. The monoisotopic (exact) mass is 252 g/mol. The summed E-state index contributed by atoms with van der Waals surface area (Å²) in [6.45, 7) is 8.33. The molecule has 0 aromatic carbocycles. The van der Waals surface area contributed by atoms with Crippen LogP contribution in [-0.2, 0) is 0 Å². The number of hydrogen-bond acceptors (Lipinski definition) is 2. The fourth-order valence-electron chi connectivity index (χ4n) is 4.00. The lowest BCUT2D eigenvalue weighted by atomic mass is 9.88. The lowest BCUT2D eigenvalue weighted by Gasteiger charge is -2.28. The molecule has 2 fully saturated rings. The van der Waals surface area contributed by atoms with E-state index in [9.17, 15) is 0 Å². The van der Waals surface area contributed by atoms with E-state index in [0.29, 0.717) is 6.04 Å². The Morgan fingerprint density at radius 2 is 2.11 bits per heavy atom. The van der Waals surface area contributed by atoms with Gasteiger partial charge in [0.15, 0.2) is 0 Å². The molecule has 1 N–H and O–H groups in total. The molecule has 2 rings (SSSR count). The second kappa shape index (κ2) is 6.91. The number of hydrogen-bond donors (Lipinski definition) is 1. The standard InChI is InChI=1S/C16H32N2/c1-4-8-17-13(2)7-9-18(3)12-16-11-14-5-6-15(16)10-14/h13-17H,4-12H2,1-3H3. The molecule has 0 heterocycles. The number of rotatable bonds is 8. The van der Waals surface area contributed by atoms with Crippen LogP contribution in [0.3, 0.4) is 0 Å². The van der Waals surface area contributed by atoms with Gasteiger partial charge < -0.3 is 10.2 Å². The first-order valence-electron chi connectivity index (χ1n) is 8.11. The molecule has 0 aromatic rings. The molecule has 0 spiro atoms. The van der Waals surface area contributed by atoms with Crippen molar-refractivity contribution >= 4 is 0 Å². The summed E-state index contributed by atoms with van der Waals surface area (Å²) >= 11 is 0. The molecule has 106 valence electrons. The Bertz CT molecular complexity index is 241. The SMILES string of the molecule is CCCNC(C)CCN(C)CC1CC2CCC1C2. The second-order valence-corrected chi connectivity index (χ2v) is 6.84. The molecule has 2 bridgehead atoms. The van der Waals surface area contributed by atoms with Gasteiger partial charge in [0.25, 0.3) is 0 Å². The first-order chi connectivity index (χ1) is 8.69. The number of fused-ring (bicyclic) bond motifs is 2. The summed E-state index contributed by atoms with van der Waals surface area (Å²) in [6, 6.07) is 0.674. The van der Waals surface area contributed by atoms with Crippen LogP contribution in [-0.4, -0.2) is 37.6 Å². The second-order valence-electron chi connectivity index (χ2n) is 6.84. The number of nitrogens with zero attached hydrogens (tertiary/aromatic N) is 1. The van der Waals surface area contributed by atoms with E-state index in [1.807, 2.05) is 0 Å². The Balaban J connectivity index is 1.59. The Labute approximate surface area is 114 Å². The van der Waals surface area contributed by atoms with E-state index >= 15 is 0 Å². The van der Waals surface area contributed by atoms with E-state index in [1.165, 1.54) is 45.2 Å². The van der Waals surface area contributed by atoms with E-state index in [4.69, 9.17) is 0 Å². The van der Waals surface area contributed by atoms with Crippen LogP contribution in [0, 0.1) is 17.8 Å². The molecule has 0 aromatic heterocycles. The van der Waals surface area contributed by atoms with Crippen molar-refractivity contribution in [1.29, 1.82) is 0 Å². The molecule has 0 saturated heterocycles. The van der Waals surface area contributed by atoms with Crippen molar-refractivity contribution in [3.8, 4) is 0 Å². The normalized spacial score (nSPS) is 32.3. The molecule has 18 heavy (non-hydrogen) atoms. The maximum Gasteiger partial charge on any atom is 0.00508 e. The summed E-state index contributed by atoms with van der Waals surface area (Å²) in [7, 11) is 2.32. The molecule has 0 aliphatic heterocycles. The Morgan fingerprint density at radius 1 is 1.28 bits per heavy atom. The van der Waals surface area contributed by atoms with Gasteiger partial charge in [-0.2, -0.15) is 0 Å². The van der Waals surface area contributed by atoms with Crippen LogP contribution in [0.4, 0.5) is 0 Å². The van der Waals surface area contributed by atoms with Crippen molar-refractivity contribution in [2.45, 2.75) is 58.4 Å². The summed E-state index contributed by atoms with van der Waals surface area (Å²) in [6.07, 6.45) is 8.66. The minimum Gasteiger partial charge on any atom is -0.314 e. The van der Waals surface area contributed by atoms with Crippen LogP contribution in [0.25, 0.3) is 0 Å². The van der Waals surface area contributed by atoms with E-state index in [-0.39, 0.29) is 0 Å². The van der Waals surface area contributed by atoms with Gasteiger partial charge in [-0.1, -0.05) is 13.3 Å². The summed E-state index contributed by atoms with van der Waals surface area (Å²) < 4.78 is 0. The van der Waals surface area contributed by atoms with Crippen LogP contribution < -0.4 is 5.32 Å². The third kappa shape index (κ3) is 3.96. The Kier molecular flexibility index (Phi) is 5.50. The minimum absolute atomic E-state index is 0.674. The quantitative estimate of drug-likeness (QED) is 0.714. The molecule has 0 radical (unpaired) electrons. The van der Waals surface area contributed by atoms with E-state index < -0.39 is 0 Å². The highest BCUT2D eigenvalue weighted by atomic mass is 15.1. The molecule has 4 unspecified atom stereocenters. The van der Waals surface area contributed by atoms with Gasteiger partial charge in [-0.25, -0.2) is 0 Å². The molecular formula is C16H32N2. The summed E-state index contributed by atoms with van der Waals surface area (Å²) in [5.41, 5.74) is 0. The van der Waals surface area contributed by atoms with Crippen molar-refractivity contribution in [3.63, 3.8) is 0 Å². The van der Waals surface area contributed by atoms with Gasteiger partial charge in [0.05, 0.1) is 0 Å². The maximum absolute atomic E-state index is 3.58. The summed E-state index contributed by atoms with van der Waals surface area (Å²) in [5.74, 6) is 3.19. The first kappa shape index (κ1) is 14.3. The molecule has 2 aliphatic carbocycles. The van der Waals surface area contributed by atoms with Gasteiger partial charge in [-0.3, -0.25) is 0 Å². The van der Waals surface area contributed by atoms with Crippen LogP contribution in [0.15, 0.2) is 0 Å². The van der Waals surface area contributed by atoms with Gasteiger partial charge >= 0.3 is 0 Å². The lowest BCUT2D eigenvalue weighted by molar-refractivity contribution is 0.213. The molecule has 4 atom stereocenters. The van der Waals surface area contributed by atoms with Crippen molar-refractivity contribution in [2.75, 3.05) is 26.7 Å². The zero-order chi connectivity index (χ0) is 13.0. The van der Waals surface area contributed by atoms with Gasteiger partial charge in [0, 0.05) is 12.6 Å². The number of nitrogens with one attached hydrogen (secondary N) is 1. The smallest absolute Gasteiger partial charge is 0.00508 e. The van der Waals surface area contributed by atoms with Crippen LogP contribution in [0.1, 0.15) is 52.4 Å². The van der Waals surface area contributed by atoms with Crippen molar-refractivity contribution in [3.05, 3.63) is 0 Å². The highest BCUT2D eigenvalue weighted by Crippen LogP contribution is 2.48. The van der Waals surface area contributed by atoms with Crippen LogP contribution in [0.2, 0.25) is 0 Å². The van der Waals surface area contributed by atoms with Crippen molar-refractivity contribution < 1.29 is 0 Å². The molecular weight excluding hydrogens is 220 g/mol. The van der Waals surface area contributed by atoms with Crippen LogP contribution >= 0.6 is 0 Å². The zero-order valence-electron chi connectivity index (χ0n) is 12.6. The van der Waals surface area contributed by atoms with Gasteiger partial charge in [-0.05, 0) is 76.9 Å². The fourth-order valence-corrected chi connectivity index (χ4v) is 4.00. The summed E-state index contributed by atoms with van der Waals surface area (Å²) in [4.78, 5) is 2.58. The third-order valence-electron chi connectivity index (χ3n) is 5.12. The largest absolute Gasteiger partial charge is 0.314 e. The molecule has 0 amide bonds. The van der Waals surface area contributed by atoms with Gasteiger partial charge in [0.1, 0.15) is 0 Å². The van der Waals surface area contributed by atoms with E-state index in [1.54, 1.807) is 6.42 Å². The topological polar surface area (TPSA) is 15.3 Å². The minimum atomic E-state index is 0.674. The van der Waals surface area contributed by atoms with E-state index in [2.05, 4.69) is 31.1 Å². The fraction of sp³-hybridized carbons (Fsp3) is 1.00. The summed E-state index contributed by atoms with van der Waals surface area (Å²) in [5, 5.41) is 3.58. The van der Waals surface area contributed by atoms with Crippen LogP contribution in [0.5, 0.6) is 0 Å². The predicted octanol–water partition coefficient (Wildman–Crippen LogP) is 3.13.